The number of amides is 3. The molecule has 2 heterocycles. The number of nitrogens with zero attached hydrogens (tertiary/aromatic N) is 1. The third-order valence-electron chi connectivity index (χ3n) is 9.60. The highest BCUT2D eigenvalue weighted by Crippen LogP contribution is 2.43. The maximum absolute atomic E-state index is 14.1. The fourth-order valence-electron chi connectivity index (χ4n) is 7.36. The summed E-state index contributed by atoms with van der Waals surface area (Å²) in [6.07, 6.45) is 4.52. The standard InChI is InChI=1S/C34H38N4O6/c1-44-29-15-7-13-25-24(29)17-27(36-25)34(43)38-19-22-11-5-12-23(22)30(38)32(41)37-26(16-21-10-6-14-28(21)39)31(40)33(42)35-18-20-8-3-2-4-9-20/h2-4,7-9,13,15,17,21-23,26,30,36H,5-6,10-12,14,16,18-19H2,1H3,(H,35,42)(H,37,41)/t21-,22-,23-,26?,30-/m0/s1. The molecule has 2 aromatic carbocycles. The van der Waals surface area contributed by atoms with Gasteiger partial charge in [0.05, 0.1) is 13.2 Å². The maximum Gasteiger partial charge on any atom is 0.289 e. The predicted molar refractivity (Wildman–Crippen MR) is 163 cm³/mol. The number of rotatable bonds is 10. The molecule has 10 heteroatoms. The fourth-order valence-corrected chi connectivity index (χ4v) is 7.36. The first-order valence-corrected chi connectivity index (χ1v) is 15.5. The summed E-state index contributed by atoms with van der Waals surface area (Å²) in [6, 6.07) is 14.5. The van der Waals surface area contributed by atoms with E-state index in [1.807, 2.05) is 48.5 Å². The molecule has 3 fully saturated rings. The molecule has 3 amide bonds. The molecule has 0 bridgehead atoms. The van der Waals surface area contributed by atoms with Crippen molar-refractivity contribution in [1.82, 2.24) is 20.5 Å². The largest absolute Gasteiger partial charge is 0.496 e. The Hall–Kier alpha value is -4.47. The molecular weight excluding hydrogens is 560 g/mol. The number of benzene rings is 2. The SMILES string of the molecule is COc1cccc2[nH]c(C(=O)N3C[C@@H]4CCC[C@@H]4[C@H]3C(=O)NC(C[C@@H]3CCCC3=O)C(=O)C(=O)NCc3ccccc3)cc12. The maximum atomic E-state index is 14.1. The molecule has 10 nitrogen and oxygen atoms in total. The molecule has 1 saturated heterocycles. The third kappa shape index (κ3) is 5.85. The molecule has 3 aromatic rings. The molecule has 5 atom stereocenters. The van der Waals surface area contributed by atoms with Gasteiger partial charge in [-0.2, -0.15) is 0 Å². The number of fused-ring (bicyclic) bond motifs is 2. The third-order valence-corrected chi connectivity index (χ3v) is 9.60. The van der Waals surface area contributed by atoms with Gasteiger partial charge in [0.1, 0.15) is 23.3 Å². The number of methoxy groups -OCH3 is 1. The Kier molecular flexibility index (Phi) is 8.50. The Bertz CT molecular complexity index is 1580. The van der Waals surface area contributed by atoms with Crippen LogP contribution in [0.5, 0.6) is 5.75 Å². The van der Waals surface area contributed by atoms with Gasteiger partial charge in [-0.25, -0.2) is 0 Å². The zero-order chi connectivity index (χ0) is 30.8. The van der Waals surface area contributed by atoms with Crippen LogP contribution in [0.25, 0.3) is 10.9 Å². The van der Waals surface area contributed by atoms with Gasteiger partial charge < -0.3 is 25.3 Å². The van der Waals surface area contributed by atoms with Crippen LogP contribution in [0.4, 0.5) is 0 Å². The van der Waals surface area contributed by atoms with Crippen LogP contribution in [-0.4, -0.2) is 64.9 Å². The summed E-state index contributed by atoms with van der Waals surface area (Å²) in [7, 11) is 1.57. The minimum Gasteiger partial charge on any atom is -0.496 e. The molecule has 2 aliphatic carbocycles. The highest BCUT2D eigenvalue weighted by Gasteiger charge is 2.50. The van der Waals surface area contributed by atoms with Crippen molar-refractivity contribution in [3.8, 4) is 5.75 Å². The molecule has 1 aromatic heterocycles. The molecule has 2 saturated carbocycles. The van der Waals surface area contributed by atoms with Crippen molar-refractivity contribution in [1.29, 1.82) is 0 Å². The van der Waals surface area contributed by atoms with Gasteiger partial charge in [-0.15, -0.1) is 0 Å². The lowest BCUT2D eigenvalue weighted by Gasteiger charge is -2.29. The smallest absolute Gasteiger partial charge is 0.289 e. The number of ketones is 2. The van der Waals surface area contributed by atoms with Crippen LogP contribution in [0.3, 0.4) is 0 Å². The van der Waals surface area contributed by atoms with E-state index >= 15 is 0 Å². The zero-order valence-electron chi connectivity index (χ0n) is 24.8. The number of likely N-dealkylation sites (tertiary alicyclic amines) is 1. The van der Waals surface area contributed by atoms with E-state index in [0.717, 1.165) is 42.1 Å². The topological polar surface area (TPSA) is 138 Å². The first kappa shape index (κ1) is 29.6. The summed E-state index contributed by atoms with van der Waals surface area (Å²) in [5.74, 6) is -1.93. The summed E-state index contributed by atoms with van der Waals surface area (Å²) in [5.41, 5.74) is 1.94. The number of aromatic nitrogens is 1. The number of ether oxygens (including phenoxy) is 1. The first-order chi connectivity index (χ1) is 21.3. The average Bonchev–Trinajstić information content (AvgIpc) is 3.83. The Morgan fingerprint density at radius 1 is 1.02 bits per heavy atom. The van der Waals surface area contributed by atoms with Crippen LogP contribution in [0.1, 0.15) is 61.0 Å². The number of carbonyl (C=O) groups excluding carboxylic acids is 5. The molecule has 230 valence electrons. The number of hydrogen-bond donors (Lipinski definition) is 3. The lowest BCUT2D eigenvalue weighted by atomic mass is 9.91. The molecule has 0 radical (unpaired) electrons. The predicted octanol–water partition coefficient (Wildman–Crippen LogP) is 3.55. The fraction of sp³-hybridized carbons (Fsp3) is 0.441. The summed E-state index contributed by atoms with van der Waals surface area (Å²) in [6.45, 7) is 0.601. The number of aromatic amines is 1. The summed E-state index contributed by atoms with van der Waals surface area (Å²) < 4.78 is 5.46. The van der Waals surface area contributed by atoms with Crippen LogP contribution in [0, 0.1) is 17.8 Å². The number of Topliss-reactive ketones (excluding diaryl/α,β-unsaturated/α-hetero) is 2. The van der Waals surface area contributed by atoms with Crippen molar-refractivity contribution in [3.63, 3.8) is 0 Å². The highest BCUT2D eigenvalue weighted by molar-refractivity contribution is 6.38. The van der Waals surface area contributed by atoms with Gasteiger partial charge in [0.15, 0.2) is 0 Å². The van der Waals surface area contributed by atoms with E-state index in [9.17, 15) is 24.0 Å². The van der Waals surface area contributed by atoms with Crippen LogP contribution in [-0.2, 0) is 25.7 Å². The molecule has 6 rings (SSSR count). The van der Waals surface area contributed by atoms with Gasteiger partial charge in [0.25, 0.3) is 11.8 Å². The van der Waals surface area contributed by atoms with Gasteiger partial charge in [0.2, 0.25) is 11.7 Å². The van der Waals surface area contributed by atoms with Crippen LogP contribution < -0.4 is 15.4 Å². The molecule has 3 N–H and O–H groups in total. The first-order valence-electron chi connectivity index (χ1n) is 15.5. The van der Waals surface area contributed by atoms with Gasteiger partial charge in [-0.1, -0.05) is 42.8 Å². The second-order valence-corrected chi connectivity index (χ2v) is 12.2. The van der Waals surface area contributed by atoms with Crippen molar-refractivity contribution in [3.05, 3.63) is 65.9 Å². The Morgan fingerprint density at radius 2 is 1.84 bits per heavy atom. The van der Waals surface area contributed by atoms with Crippen molar-refractivity contribution < 1.29 is 28.7 Å². The number of H-pyrrole nitrogens is 1. The van der Waals surface area contributed by atoms with Gasteiger partial charge >= 0.3 is 0 Å². The van der Waals surface area contributed by atoms with Crippen molar-refractivity contribution in [2.75, 3.05) is 13.7 Å². The second-order valence-electron chi connectivity index (χ2n) is 12.2. The van der Waals surface area contributed by atoms with Crippen molar-refractivity contribution >= 4 is 40.2 Å². The zero-order valence-corrected chi connectivity index (χ0v) is 24.8. The molecule has 0 spiro atoms. The lowest BCUT2D eigenvalue weighted by molar-refractivity contribution is -0.141. The van der Waals surface area contributed by atoms with E-state index in [0.29, 0.717) is 30.8 Å². The quantitative estimate of drug-likeness (QED) is 0.305. The average molecular weight is 599 g/mol. The normalized spacial score (nSPS) is 23.4. The van der Waals surface area contributed by atoms with Crippen LogP contribution in [0.15, 0.2) is 54.6 Å². The van der Waals surface area contributed by atoms with Gasteiger partial charge in [-0.05, 0) is 67.7 Å². The van der Waals surface area contributed by atoms with Crippen molar-refractivity contribution in [2.45, 2.75) is 63.6 Å². The summed E-state index contributed by atoms with van der Waals surface area (Å²) in [4.78, 5) is 71.8. The van der Waals surface area contributed by atoms with Crippen molar-refractivity contribution in [2.24, 2.45) is 17.8 Å². The lowest BCUT2D eigenvalue weighted by Crippen LogP contribution is -2.55. The Balaban J connectivity index is 1.23. The van der Waals surface area contributed by atoms with E-state index < -0.39 is 35.6 Å². The highest BCUT2D eigenvalue weighted by atomic mass is 16.5. The van der Waals surface area contributed by atoms with E-state index in [1.165, 1.54) is 0 Å². The van der Waals surface area contributed by atoms with E-state index in [-0.39, 0.29) is 36.5 Å². The van der Waals surface area contributed by atoms with E-state index in [1.54, 1.807) is 18.1 Å². The molecule has 44 heavy (non-hydrogen) atoms. The molecule has 3 aliphatic rings. The van der Waals surface area contributed by atoms with Gasteiger partial charge in [0, 0.05) is 36.3 Å². The Morgan fingerprint density at radius 3 is 2.59 bits per heavy atom. The second kappa shape index (κ2) is 12.6. The van der Waals surface area contributed by atoms with E-state index in [2.05, 4.69) is 15.6 Å². The minimum atomic E-state index is -1.17. The summed E-state index contributed by atoms with van der Waals surface area (Å²) in [5, 5.41) is 6.29. The monoisotopic (exact) mass is 598 g/mol. The number of carbonyl (C=O) groups is 5. The van der Waals surface area contributed by atoms with E-state index in [4.69, 9.17) is 4.74 Å². The number of nitrogens with one attached hydrogen (secondary N) is 3. The summed E-state index contributed by atoms with van der Waals surface area (Å²) >= 11 is 0. The Labute approximate surface area is 255 Å². The van der Waals surface area contributed by atoms with Crippen LogP contribution in [0.2, 0.25) is 0 Å². The minimum absolute atomic E-state index is 0.0458. The van der Waals surface area contributed by atoms with Gasteiger partial charge in [-0.3, -0.25) is 24.0 Å². The van der Waals surface area contributed by atoms with Crippen LogP contribution >= 0.6 is 0 Å². The molecule has 1 aliphatic heterocycles. The number of hydrogen-bond acceptors (Lipinski definition) is 6. The molecular formula is C34H38N4O6. The molecule has 1 unspecified atom stereocenters.